The molecule has 3 heterocycles. The number of allylic oxidation sites excluding steroid dienone is 3. The first-order chi connectivity index (χ1) is 19.4. The molecule has 40 heavy (non-hydrogen) atoms. The second-order valence-corrected chi connectivity index (χ2v) is 12.7. The van der Waals surface area contributed by atoms with Gasteiger partial charge in [0.15, 0.2) is 5.58 Å². The number of carbonyl (C=O) groups is 1. The molecular formula is C32H29Cl2N3O2S. The Morgan fingerprint density at radius 2 is 1.90 bits per heavy atom. The normalized spacial score (nSPS) is 22.0. The first kappa shape index (κ1) is 27.3. The van der Waals surface area contributed by atoms with Crippen molar-refractivity contribution in [1.82, 2.24) is 14.9 Å². The minimum atomic E-state index is -0.745. The van der Waals surface area contributed by atoms with Crippen molar-refractivity contribution in [1.29, 1.82) is 0 Å². The van der Waals surface area contributed by atoms with Gasteiger partial charge in [-0.05, 0) is 85.9 Å². The molecule has 0 bridgehead atoms. The van der Waals surface area contributed by atoms with Crippen LogP contribution in [0.4, 0.5) is 0 Å². The number of piperidine rings is 1. The van der Waals surface area contributed by atoms with Crippen LogP contribution in [0, 0.1) is 5.92 Å². The highest BCUT2D eigenvalue weighted by Gasteiger charge is 2.45. The predicted molar refractivity (Wildman–Crippen MR) is 163 cm³/mol. The maximum atomic E-state index is 11.5. The van der Waals surface area contributed by atoms with Crippen molar-refractivity contribution < 1.29 is 9.21 Å². The molecule has 1 fully saturated rings. The molecule has 0 radical (unpaired) electrons. The van der Waals surface area contributed by atoms with Crippen LogP contribution >= 0.6 is 35.0 Å². The Hall–Kier alpha value is -2.90. The Labute approximate surface area is 248 Å². The van der Waals surface area contributed by atoms with Crippen molar-refractivity contribution in [3.8, 4) is 0 Å². The number of benzene rings is 2. The molecule has 5 nitrogen and oxygen atoms in total. The van der Waals surface area contributed by atoms with Gasteiger partial charge in [-0.2, -0.15) is 0 Å². The first-order valence-electron chi connectivity index (χ1n) is 13.4. The molecule has 2 atom stereocenters. The third-order valence-electron chi connectivity index (χ3n) is 8.07. The number of rotatable bonds is 6. The van der Waals surface area contributed by atoms with E-state index in [1.807, 2.05) is 36.5 Å². The van der Waals surface area contributed by atoms with Crippen LogP contribution in [0.5, 0.6) is 0 Å². The number of oxazole rings is 1. The van der Waals surface area contributed by atoms with Gasteiger partial charge in [0, 0.05) is 22.7 Å². The molecule has 2 aromatic carbocycles. The van der Waals surface area contributed by atoms with E-state index < -0.39 is 4.75 Å². The highest BCUT2D eigenvalue weighted by Crippen LogP contribution is 2.54. The summed E-state index contributed by atoms with van der Waals surface area (Å²) in [5, 5.41) is 1.94. The SMILES string of the molecule is CC1C(c2ccccc2Cl)=CC=CC1(Sc1cc(C2CCN(C)CC2)ccn1)c1nc2cc(C=O)cc(Cl)c2o1. The molecule has 0 saturated carbocycles. The van der Waals surface area contributed by atoms with Crippen molar-refractivity contribution in [2.24, 2.45) is 5.92 Å². The Morgan fingerprint density at radius 1 is 1.10 bits per heavy atom. The van der Waals surface area contributed by atoms with Crippen LogP contribution < -0.4 is 0 Å². The van der Waals surface area contributed by atoms with Gasteiger partial charge in [0.2, 0.25) is 5.89 Å². The number of thioether (sulfide) groups is 1. The topological polar surface area (TPSA) is 59.2 Å². The highest BCUT2D eigenvalue weighted by molar-refractivity contribution is 8.00. The highest BCUT2D eigenvalue weighted by atomic mass is 35.5. The number of hydrogen-bond acceptors (Lipinski definition) is 6. The van der Waals surface area contributed by atoms with Crippen molar-refractivity contribution in [3.05, 3.63) is 106 Å². The molecule has 1 aliphatic carbocycles. The number of aldehydes is 1. The van der Waals surface area contributed by atoms with Crippen LogP contribution in [0.1, 0.15) is 53.1 Å². The molecule has 1 aliphatic heterocycles. The summed E-state index contributed by atoms with van der Waals surface area (Å²) in [4.78, 5) is 23.6. The molecular weight excluding hydrogens is 561 g/mol. The molecule has 6 rings (SSSR count). The van der Waals surface area contributed by atoms with E-state index in [4.69, 9.17) is 37.6 Å². The lowest BCUT2D eigenvalue weighted by Crippen LogP contribution is -2.31. The van der Waals surface area contributed by atoms with E-state index in [0.717, 1.165) is 48.4 Å². The maximum Gasteiger partial charge on any atom is 0.216 e. The Balaban J connectivity index is 1.46. The van der Waals surface area contributed by atoms with E-state index in [2.05, 4.69) is 43.2 Å². The molecule has 0 N–H and O–H groups in total. The Morgan fingerprint density at radius 3 is 2.67 bits per heavy atom. The Bertz CT molecular complexity index is 1640. The van der Waals surface area contributed by atoms with Gasteiger partial charge in [-0.25, -0.2) is 9.97 Å². The third kappa shape index (κ3) is 5.03. The average molecular weight is 591 g/mol. The molecule has 1 saturated heterocycles. The van der Waals surface area contributed by atoms with Gasteiger partial charge < -0.3 is 9.32 Å². The largest absolute Gasteiger partial charge is 0.437 e. The predicted octanol–water partition coefficient (Wildman–Crippen LogP) is 8.43. The van der Waals surface area contributed by atoms with Crippen LogP contribution in [0.3, 0.4) is 0 Å². The van der Waals surface area contributed by atoms with Crippen LogP contribution in [0.25, 0.3) is 16.7 Å². The summed E-state index contributed by atoms with van der Waals surface area (Å²) in [6.45, 7) is 4.36. The van der Waals surface area contributed by atoms with Gasteiger partial charge in [-0.1, -0.05) is 78.3 Å². The van der Waals surface area contributed by atoms with E-state index in [1.54, 1.807) is 23.9 Å². The van der Waals surface area contributed by atoms with Crippen LogP contribution in [0.2, 0.25) is 10.0 Å². The lowest BCUT2D eigenvalue weighted by atomic mass is 9.79. The minimum absolute atomic E-state index is 0.0893. The number of carbonyl (C=O) groups excluding carboxylic acids is 1. The van der Waals surface area contributed by atoms with Crippen LogP contribution in [0.15, 0.2) is 82.4 Å². The number of aromatic nitrogens is 2. The standard InChI is InChI=1S/C32H29Cl2N3O2S/c1-20-24(25-6-3-4-8-26(25)33)7-5-12-32(20,31-36-28-17-21(19-38)16-27(34)30(28)39-31)40-29-18-23(9-13-35-29)22-10-14-37(2)15-11-22/h3-9,12-13,16-20,22H,10-11,14-15H2,1-2H3. The van der Waals surface area contributed by atoms with Crippen molar-refractivity contribution in [2.75, 3.05) is 20.1 Å². The number of pyridine rings is 1. The Kier molecular flexibility index (Phi) is 7.62. The molecule has 4 aromatic rings. The lowest BCUT2D eigenvalue weighted by molar-refractivity contribution is 0.112. The van der Waals surface area contributed by atoms with Crippen molar-refractivity contribution in [3.63, 3.8) is 0 Å². The van der Waals surface area contributed by atoms with Gasteiger partial charge in [-0.15, -0.1) is 0 Å². The quantitative estimate of drug-likeness (QED) is 0.210. The lowest BCUT2D eigenvalue weighted by Gasteiger charge is -2.37. The number of halogens is 2. The van der Waals surface area contributed by atoms with Gasteiger partial charge in [0.25, 0.3) is 0 Å². The fourth-order valence-electron chi connectivity index (χ4n) is 5.75. The fraction of sp³-hybridized carbons (Fsp3) is 0.281. The first-order valence-corrected chi connectivity index (χ1v) is 15.0. The second kappa shape index (κ2) is 11.2. The summed E-state index contributed by atoms with van der Waals surface area (Å²) in [5.41, 5.74) is 4.82. The summed E-state index contributed by atoms with van der Waals surface area (Å²) in [7, 11) is 2.18. The summed E-state index contributed by atoms with van der Waals surface area (Å²) in [5.74, 6) is 0.927. The summed E-state index contributed by atoms with van der Waals surface area (Å²) in [6, 6.07) is 15.5. The van der Waals surface area contributed by atoms with Crippen LogP contribution in [-0.2, 0) is 4.75 Å². The zero-order chi connectivity index (χ0) is 27.9. The molecule has 0 spiro atoms. The van der Waals surface area contributed by atoms with Crippen LogP contribution in [-0.4, -0.2) is 41.3 Å². The maximum absolute atomic E-state index is 11.5. The molecule has 0 amide bonds. The number of likely N-dealkylation sites (tertiary alicyclic amines) is 1. The summed E-state index contributed by atoms with van der Waals surface area (Å²) < 4.78 is 5.69. The summed E-state index contributed by atoms with van der Waals surface area (Å²) in [6.07, 6.45) is 11.2. The van der Waals surface area contributed by atoms with E-state index >= 15 is 0 Å². The monoisotopic (exact) mass is 589 g/mol. The summed E-state index contributed by atoms with van der Waals surface area (Å²) >= 11 is 14.8. The number of fused-ring (bicyclic) bond motifs is 1. The zero-order valence-corrected chi connectivity index (χ0v) is 24.6. The second-order valence-electron chi connectivity index (χ2n) is 10.6. The smallest absolute Gasteiger partial charge is 0.216 e. The molecule has 2 unspecified atom stereocenters. The van der Waals surface area contributed by atoms with E-state index in [1.165, 1.54) is 5.56 Å². The van der Waals surface area contributed by atoms with Gasteiger partial charge in [-0.3, -0.25) is 4.79 Å². The fourth-order valence-corrected chi connectivity index (χ4v) is 7.54. The molecule has 2 aliphatic rings. The zero-order valence-electron chi connectivity index (χ0n) is 22.3. The minimum Gasteiger partial charge on any atom is -0.437 e. The number of hydrogen-bond donors (Lipinski definition) is 0. The molecule has 204 valence electrons. The van der Waals surface area contributed by atoms with E-state index in [0.29, 0.717) is 38.5 Å². The van der Waals surface area contributed by atoms with E-state index in [9.17, 15) is 4.79 Å². The average Bonchev–Trinajstić information content (AvgIpc) is 3.41. The van der Waals surface area contributed by atoms with Gasteiger partial charge in [0.05, 0.1) is 10.0 Å². The molecule has 8 heteroatoms. The molecule has 2 aromatic heterocycles. The van der Waals surface area contributed by atoms with Crippen molar-refractivity contribution >= 4 is 57.9 Å². The van der Waals surface area contributed by atoms with Gasteiger partial charge >= 0.3 is 0 Å². The van der Waals surface area contributed by atoms with E-state index in [-0.39, 0.29) is 5.92 Å². The van der Waals surface area contributed by atoms with Gasteiger partial charge in [0.1, 0.15) is 16.5 Å². The van der Waals surface area contributed by atoms with Crippen molar-refractivity contribution in [2.45, 2.75) is 35.5 Å². The number of nitrogens with zero attached hydrogens (tertiary/aromatic N) is 3. The third-order valence-corrected chi connectivity index (χ3v) is 10.1.